The molecule has 21 heavy (non-hydrogen) atoms. The molecule has 0 spiro atoms. The second-order valence-electron chi connectivity index (χ2n) is 5.54. The number of benzene rings is 1. The van der Waals surface area contributed by atoms with Crippen LogP contribution in [0.3, 0.4) is 0 Å². The molecule has 5 nitrogen and oxygen atoms in total. The van der Waals surface area contributed by atoms with E-state index in [-0.39, 0.29) is 11.4 Å². The minimum absolute atomic E-state index is 0.149. The molecule has 1 aromatic rings. The van der Waals surface area contributed by atoms with Crippen LogP contribution in [0.2, 0.25) is 0 Å². The summed E-state index contributed by atoms with van der Waals surface area (Å²) < 4.78 is 14.4. The van der Waals surface area contributed by atoms with E-state index in [0.717, 1.165) is 26.1 Å². The molecule has 0 aromatic heterocycles. The van der Waals surface area contributed by atoms with Crippen molar-refractivity contribution in [2.75, 3.05) is 26.7 Å². The van der Waals surface area contributed by atoms with Gasteiger partial charge in [-0.2, -0.15) is 0 Å². The van der Waals surface area contributed by atoms with Gasteiger partial charge >= 0.3 is 0 Å². The predicted octanol–water partition coefficient (Wildman–Crippen LogP) is 1.45. The summed E-state index contributed by atoms with van der Waals surface area (Å²) in [6.07, 6.45) is 1.08. The summed E-state index contributed by atoms with van der Waals surface area (Å²) in [6, 6.07) is 5.52. The van der Waals surface area contributed by atoms with Crippen molar-refractivity contribution >= 4 is 5.84 Å². The number of oxime groups is 1. The molecular formula is C15H23FN4O. The molecule has 1 heterocycles. The first kappa shape index (κ1) is 15.7. The monoisotopic (exact) mass is 294 g/mol. The quantitative estimate of drug-likeness (QED) is 0.382. The number of piperazine rings is 1. The van der Waals surface area contributed by atoms with Gasteiger partial charge in [-0.1, -0.05) is 24.2 Å². The molecule has 1 aliphatic rings. The molecule has 116 valence electrons. The zero-order valence-corrected chi connectivity index (χ0v) is 12.6. The minimum Gasteiger partial charge on any atom is -0.409 e. The van der Waals surface area contributed by atoms with Crippen molar-refractivity contribution in [1.29, 1.82) is 0 Å². The Balaban J connectivity index is 2.13. The molecular weight excluding hydrogens is 271 g/mol. The van der Waals surface area contributed by atoms with Gasteiger partial charge in [-0.3, -0.25) is 4.90 Å². The number of amidine groups is 1. The third kappa shape index (κ3) is 3.51. The SMILES string of the molecule is CCC1CN(Cc2cccc(/C(N)=N/O)c2F)CCN1C. The highest BCUT2D eigenvalue weighted by molar-refractivity contribution is 5.97. The number of rotatable bonds is 4. The number of nitrogens with zero attached hydrogens (tertiary/aromatic N) is 3. The van der Waals surface area contributed by atoms with Crippen LogP contribution in [0.1, 0.15) is 24.5 Å². The van der Waals surface area contributed by atoms with E-state index >= 15 is 0 Å². The van der Waals surface area contributed by atoms with Crippen LogP contribution in [-0.4, -0.2) is 53.6 Å². The van der Waals surface area contributed by atoms with Crippen LogP contribution in [0.15, 0.2) is 23.4 Å². The van der Waals surface area contributed by atoms with E-state index in [1.54, 1.807) is 12.1 Å². The Hall–Kier alpha value is -1.66. The molecule has 0 aliphatic carbocycles. The standard InChI is InChI=1S/C15H23FN4O/c1-3-12-10-20(8-7-19(12)2)9-11-5-4-6-13(14(11)16)15(17)18-21/h4-6,12,21H,3,7-10H2,1-2H3,(H2,17,18). The molecule has 0 amide bonds. The lowest BCUT2D eigenvalue weighted by Gasteiger charge is -2.39. The molecule has 1 atom stereocenters. The van der Waals surface area contributed by atoms with Gasteiger partial charge in [0, 0.05) is 37.8 Å². The van der Waals surface area contributed by atoms with Gasteiger partial charge in [-0.15, -0.1) is 0 Å². The number of likely N-dealkylation sites (N-methyl/N-ethyl adjacent to an activating group) is 1. The van der Waals surface area contributed by atoms with Crippen molar-refractivity contribution in [2.45, 2.75) is 25.9 Å². The van der Waals surface area contributed by atoms with Gasteiger partial charge in [-0.05, 0) is 19.5 Å². The first-order chi connectivity index (χ1) is 10.1. The van der Waals surface area contributed by atoms with Crippen molar-refractivity contribution in [2.24, 2.45) is 10.9 Å². The lowest BCUT2D eigenvalue weighted by molar-refractivity contribution is 0.0876. The zero-order valence-electron chi connectivity index (χ0n) is 12.6. The molecule has 6 heteroatoms. The summed E-state index contributed by atoms with van der Waals surface area (Å²) >= 11 is 0. The van der Waals surface area contributed by atoms with Gasteiger partial charge in [0.1, 0.15) is 5.82 Å². The Morgan fingerprint density at radius 3 is 2.90 bits per heavy atom. The van der Waals surface area contributed by atoms with Gasteiger partial charge in [0.25, 0.3) is 0 Å². The largest absolute Gasteiger partial charge is 0.409 e. The van der Waals surface area contributed by atoms with Gasteiger partial charge in [0.15, 0.2) is 5.84 Å². The zero-order chi connectivity index (χ0) is 15.4. The fraction of sp³-hybridized carbons (Fsp3) is 0.533. The first-order valence-corrected chi connectivity index (χ1v) is 7.24. The van der Waals surface area contributed by atoms with Gasteiger partial charge in [0.05, 0.1) is 5.56 Å². The van der Waals surface area contributed by atoms with E-state index < -0.39 is 5.82 Å². The molecule has 1 aromatic carbocycles. The van der Waals surface area contributed by atoms with Gasteiger partial charge in [-0.25, -0.2) is 4.39 Å². The summed E-state index contributed by atoms with van der Waals surface area (Å²) in [6.45, 7) is 5.55. The predicted molar refractivity (Wildman–Crippen MR) is 80.9 cm³/mol. The van der Waals surface area contributed by atoms with Gasteiger partial charge < -0.3 is 15.8 Å². The number of halogens is 1. The lowest BCUT2D eigenvalue weighted by atomic mass is 10.1. The average molecular weight is 294 g/mol. The van der Waals surface area contributed by atoms with E-state index in [9.17, 15) is 4.39 Å². The average Bonchev–Trinajstić information content (AvgIpc) is 2.50. The molecule has 3 N–H and O–H groups in total. The Kier molecular flexibility index (Phi) is 5.14. The second kappa shape index (κ2) is 6.87. The molecule has 2 rings (SSSR count). The first-order valence-electron chi connectivity index (χ1n) is 7.24. The third-order valence-electron chi connectivity index (χ3n) is 4.19. The molecule has 1 fully saturated rings. The summed E-state index contributed by atoms with van der Waals surface area (Å²) in [7, 11) is 2.13. The summed E-state index contributed by atoms with van der Waals surface area (Å²) in [4.78, 5) is 4.60. The topological polar surface area (TPSA) is 65.1 Å². The second-order valence-corrected chi connectivity index (χ2v) is 5.54. The third-order valence-corrected chi connectivity index (χ3v) is 4.19. The van der Waals surface area contributed by atoms with E-state index in [2.05, 4.69) is 28.9 Å². The van der Waals surface area contributed by atoms with Crippen LogP contribution in [-0.2, 0) is 6.54 Å². The van der Waals surface area contributed by atoms with Crippen LogP contribution in [0.4, 0.5) is 4.39 Å². The fourth-order valence-electron chi connectivity index (χ4n) is 2.79. The molecule has 1 saturated heterocycles. The van der Waals surface area contributed by atoms with Crippen LogP contribution in [0.25, 0.3) is 0 Å². The van der Waals surface area contributed by atoms with E-state index in [1.165, 1.54) is 6.07 Å². The molecule has 0 bridgehead atoms. The summed E-state index contributed by atoms with van der Waals surface area (Å²) in [5.41, 5.74) is 6.23. The van der Waals surface area contributed by atoms with Crippen LogP contribution < -0.4 is 5.73 Å². The highest BCUT2D eigenvalue weighted by atomic mass is 19.1. The summed E-state index contributed by atoms with van der Waals surface area (Å²) in [5.74, 6) is -0.598. The molecule has 0 radical (unpaired) electrons. The van der Waals surface area contributed by atoms with Crippen LogP contribution >= 0.6 is 0 Å². The number of nitrogens with two attached hydrogens (primary N) is 1. The van der Waals surface area contributed by atoms with Crippen LogP contribution in [0.5, 0.6) is 0 Å². The normalized spacial score (nSPS) is 21.7. The van der Waals surface area contributed by atoms with Crippen molar-refractivity contribution < 1.29 is 9.60 Å². The molecule has 1 aliphatic heterocycles. The van der Waals surface area contributed by atoms with E-state index in [4.69, 9.17) is 10.9 Å². The van der Waals surface area contributed by atoms with E-state index in [1.807, 2.05) is 0 Å². The molecule has 1 unspecified atom stereocenters. The highest BCUT2D eigenvalue weighted by Crippen LogP contribution is 2.18. The van der Waals surface area contributed by atoms with Crippen LogP contribution in [0, 0.1) is 5.82 Å². The minimum atomic E-state index is -0.403. The maximum absolute atomic E-state index is 14.4. The lowest BCUT2D eigenvalue weighted by Crippen LogP contribution is -2.50. The van der Waals surface area contributed by atoms with Gasteiger partial charge in [0.2, 0.25) is 0 Å². The molecule has 0 saturated carbocycles. The smallest absolute Gasteiger partial charge is 0.173 e. The van der Waals surface area contributed by atoms with E-state index in [0.29, 0.717) is 18.2 Å². The highest BCUT2D eigenvalue weighted by Gasteiger charge is 2.23. The number of hydrogen-bond donors (Lipinski definition) is 2. The van der Waals surface area contributed by atoms with Crippen molar-refractivity contribution in [3.8, 4) is 0 Å². The fourth-order valence-corrected chi connectivity index (χ4v) is 2.79. The Bertz CT molecular complexity index is 520. The Labute approximate surface area is 124 Å². The van der Waals surface area contributed by atoms with Crippen molar-refractivity contribution in [3.05, 3.63) is 35.1 Å². The number of hydrogen-bond acceptors (Lipinski definition) is 4. The summed E-state index contributed by atoms with van der Waals surface area (Å²) in [5, 5.41) is 11.6. The maximum atomic E-state index is 14.4. The van der Waals surface area contributed by atoms with Crippen molar-refractivity contribution in [3.63, 3.8) is 0 Å². The Morgan fingerprint density at radius 2 is 2.24 bits per heavy atom. The Morgan fingerprint density at radius 1 is 1.48 bits per heavy atom. The van der Waals surface area contributed by atoms with Crippen molar-refractivity contribution in [1.82, 2.24) is 9.80 Å². The maximum Gasteiger partial charge on any atom is 0.173 e.